The van der Waals surface area contributed by atoms with Gasteiger partial charge in [-0.25, -0.2) is 9.67 Å². The lowest BCUT2D eigenvalue weighted by Crippen LogP contribution is -2.18. The van der Waals surface area contributed by atoms with E-state index in [0.717, 1.165) is 5.56 Å². The average molecular weight is 471 g/mol. The zero-order valence-corrected chi connectivity index (χ0v) is 19.0. The molecule has 2 heterocycles. The molecule has 4 nitrogen and oxygen atoms in total. The Bertz CT molecular complexity index is 1540. The van der Waals surface area contributed by atoms with Gasteiger partial charge in [0.2, 0.25) is 0 Å². The maximum atomic E-state index is 14.5. The number of benzene rings is 3. The molecular formula is C28H20F3N3O. The van der Waals surface area contributed by atoms with Crippen molar-refractivity contribution in [1.82, 2.24) is 14.8 Å². The maximum absolute atomic E-state index is 14.5. The van der Waals surface area contributed by atoms with E-state index < -0.39 is 23.2 Å². The number of aromatic nitrogens is 3. The minimum absolute atomic E-state index is 0.0428. The van der Waals surface area contributed by atoms with Crippen LogP contribution in [0.4, 0.5) is 13.2 Å². The lowest BCUT2D eigenvalue weighted by atomic mass is 9.89. The Hall–Kier alpha value is -4.26. The van der Waals surface area contributed by atoms with Gasteiger partial charge in [-0.3, -0.25) is 4.79 Å². The first kappa shape index (κ1) is 22.5. The van der Waals surface area contributed by atoms with Crippen LogP contribution >= 0.6 is 0 Å². The molecule has 35 heavy (non-hydrogen) atoms. The van der Waals surface area contributed by atoms with Crippen molar-refractivity contribution >= 4 is 16.8 Å². The highest BCUT2D eigenvalue weighted by Crippen LogP contribution is 2.42. The normalized spacial score (nSPS) is 11.7. The second-order valence-corrected chi connectivity index (χ2v) is 8.30. The van der Waals surface area contributed by atoms with Gasteiger partial charge in [0, 0.05) is 11.1 Å². The molecule has 2 aromatic heterocycles. The summed E-state index contributed by atoms with van der Waals surface area (Å²) in [5.74, 6) is -0.741. The van der Waals surface area contributed by atoms with Gasteiger partial charge < -0.3 is 0 Å². The van der Waals surface area contributed by atoms with Gasteiger partial charge in [0.15, 0.2) is 17.1 Å². The molecule has 0 saturated carbocycles. The van der Waals surface area contributed by atoms with Crippen molar-refractivity contribution in [3.63, 3.8) is 0 Å². The van der Waals surface area contributed by atoms with Gasteiger partial charge in [-0.15, -0.1) is 0 Å². The molecular weight excluding hydrogens is 451 g/mol. The molecule has 5 rings (SSSR count). The summed E-state index contributed by atoms with van der Waals surface area (Å²) in [5.41, 5.74) is 1.15. The molecule has 5 aromatic rings. The number of halogens is 3. The Morgan fingerprint density at radius 3 is 2.03 bits per heavy atom. The van der Waals surface area contributed by atoms with E-state index in [1.165, 1.54) is 16.8 Å². The summed E-state index contributed by atoms with van der Waals surface area (Å²) in [6, 6.07) is 23.9. The molecule has 0 N–H and O–H groups in total. The number of ketones is 1. The summed E-state index contributed by atoms with van der Waals surface area (Å²) in [6.07, 6.45) is -4.87. The number of para-hydroxylation sites is 1. The third kappa shape index (κ3) is 3.99. The van der Waals surface area contributed by atoms with Gasteiger partial charge in [-0.1, -0.05) is 78.4 Å². The fourth-order valence-electron chi connectivity index (χ4n) is 4.23. The zero-order valence-electron chi connectivity index (χ0n) is 19.0. The summed E-state index contributed by atoms with van der Waals surface area (Å²) >= 11 is 0. The van der Waals surface area contributed by atoms with Crippen LogP contribution in [-0.4, -0.2) is 20.5 Å². The number of pyridine rings is 1. The van der Waals surface area contributed by atoms with Crippen LogP contribution in [0.2, 0.25) is 0 Å². The number of aryl methyl sites for hydroxylation is 2. The molecule has 0 aliphatic heterocycles. The first-order valence-corrected chi connectivity index (χ1v) is 11.0. The Kier molecular flexibility index (Phi) is 5.47. The topological polar surface area (TPSA) is 47.8 Å². The lowest BCUT2D eigenvalue weighted by molar-refractivity contribution is -0.141. The van der Waals surface area contributed by atoms with Crippen LogP contribution < -0.4 is 0 Å². The van der Waals surface area contributed by atoms with E-state index in [0.29, 0.717) is 22.3 Å². The van der Waals surface area contributed by atoms with Crippen molar-refractivity contribution in [3.8, 4) is 16.8 Å². The van der Waals surface area contributed by atoms with Crippen LogP contribution in [0.3, 0.4) is 0 Å². The number of alkyl halides is 3. The standard InChI is InChI=1S/C28H20F3N3O/c1-17-13-15-19(16-14-17)23-22-18(2)33-34(21-11-7-4-8-12-21)27(22)32-26(28(29,30)31)24(23)25(35)20-9-5-3-6-10-20/h3-16H,1-2H3. The number of carbonyl (C=O) groups excluding carboxylic acids is 1. The highest BCUT2D eigenvalue weighted by molar-refractivity contribution is 6.17. The molecule has 0 atom stereocenters. The minimum Gasteiger partial charge on any atom is -0.289 e. The number of rotatable bonds is 4. The second-order valence-electron chi connectivity index (χ2n) is 8.30. The van der Waals surface area contributed by atoms with Gasteiger partial charge in [0.25, 0.3) is 0 Å². The average Bonchev–Trinajstić information content (AvgIpc) is 3.20. The summed E-state index contributed by atoms with van der Waals surface area (Å²) in [5, 5.41) is 4.94. The van der Waals surface area contributed by atoms with E-state index in [9.17, 15) is 18.0 Å². The molecule has 0 unspecified atom stereocenters. The third-order valence-corrected chi connectivity index (χ3v) is 5.86. The molecule has 0 aliphatic rings. The molecule has 0 bridgehead atoms. The minimum atomic E-state index is -4.87. The van der Waals surface area contributed by atoms with Gasteiger partial charge in [0.05, 0.1) is 22.3 Å². The number of hydrogen-bond acceptors (Lipinski definition) is 3. The molecule has 3 aromatic carbocycles. The van der Waals surface area contributed by atoms with Gasteiger partial charge in [0.1, 0.15) is 0 Å². The highest BCUT2D eigenvalue weighted by atomic mass is 19.4. The van der Waals surface area contributed by atoms with Crippen LogP contribution in [0.1, 0.15) is 32.9 Å². The molecule has 174 valence electrons. The predicted octanol–water partition coefficient (Wildman–Crippen LogP) is 6.95. The molecule has 0 spiro atoms. The van der Waals surface area contributed by atoms with Crippen LogP contribution in [0.15, 0.2) is 84.9 Å². The molecule has 0 radical (unpaired) electrons. The summed E-state index contributed by atoms with van der Waals surface area (Å²) in [6.45, 7) is 3.60. The van der Waals surface area contributed by atoms with E-state index in [4.69, 9.17) is 0 Å². The Morgan fingerprint density at radius 1 is 0.829 bits per heavy atom. The quantitative estimate of drug-likeness (QED) is 0.266. The molecule has 7 heteroatoms. The Morgan fingerprint density at radius 2 is 1.43 bits per heavy atom. The van der Waals surface area contributed by atoms with Crippen molar-refractivity contribution in [2.24, 2.45) is 0 Å². The number of carbonyl (C=O) groups is 1. The fourth-order valence-corrected chi connectivity index (χ4v) is 4.23. The third-order valence-electron chi connectivity index (χ3n) is 5.86. The van der Waals surface area contributed by atoms with Crippen LogP contribution in [0.25, 0.3) is 27.8 Å². The predicted molar refractivity (Wildman–Crippen MR) is 129 cm³/mol. The SMILES string of the molecule is Cc1ccc(-c2c(C(=O)c3ccccc3)c(C(F)(F)F)nc3c2c(C)nn3-c2ccccc2)cc1. The van der Waals surface area contributed by atoms with Crippen molar-refractivity contribution in [2.45, 2.75) is 20.0 Å². The highest BCUT2D eigenvalue weighted by Gasteiger charge is 2.41. The number of hydrogen-bond donors (Lipinski definition) is 0. The van der Waals surface area contributed by atoms with Crippen molar-refractivity contribution in [3.05, 3.63) is 113 Å². The molecule has 0 amide bonds. The van der Waals surface area contributed by atoms with Gasteiger partial charge in [-0.05, 0) is 31.5 Å². The van der Waals surface area contributed by atoms with E-state index in [-0.39, 0.29) is 16.8 Å². The van der Waals surface area contributed by atoms with Gasteiger partial charge >= 0.3 is 6.18 Å². The first-order chi connectivity index (χ1) is 16.8. The van der Waals surface area contributed by atoms with Crippen molar-refractivity contribution < 1.29 is 18.0 Å². The number of nitrogens with zero attached hydrogens (tertiary/aromatic N) is 3. The number of fused-ring (bicyclic) bond motifs is 1. The fraction of sp³-hybridized carbons (Fsp3) is 0.107. The monoisotopic (exact) mass is 471 g/mol. The van der Waals surface area contributed by atoms with Crippen molar-refractivity contribution in [2.75, 3.05) is 0 Å². The Labute approximate surface area is 199 Å². The Balaban J connectivity index is 1.96. The van der Waals surface area contributed by atoms with E-state index >= 15 is 0 Å². The summed E-state index contributed by atoms with van der Waals surface area (Å²) < 4.78 is 44.9. The smallest absolute Gasteiger partial charge is 0.289 e. The van der Waals surface area contributed by atoms with Crippen molar-refractivity contribution in [1.29, 1.82) is 0 Å². The summed E-state index contributed by atoms with van der Waals surface area (Å²) in [4.78, 5) is 17.7. The largest absolute Gasteiger partial charge is 0.434 e. The van der Waals surface area contributed by atoms with E-state index in [1.54, 1.807) is 61.5 Å². The molecule has 0 saturated heterocycles. The zero-order chi connectivity index (χ0) is 24.7. The van der Waals surface area contributed by atoms with E-state index in [1.807, 2.05) is 25.1 Å². The second kappa shape index (κ2) is 8.51. The van der Waals surface area contributed by atoms with Crippen LogP contribution in [0, 0.1) is 13.8 Å². The summed E-state index contributed by atoms with van der Waals surface area (Å²) in [7, 11) is 0. The molecule has 0 aliphatic carbocycles. The van der Waals surface area contributed by atoms with E-state index in [2.05, 4.69) is 10.1 Å². The van der Waals surface area contributed by atoms with Crippen LogP contribution in [-0.2, 0) is 6.18 Å². The molecule has 0 fully saturated rings. The maximum Gasteiger partial charge on any atom is 0.434 e. The lowest BCUT2D eigenvalue weighted by Gasteiger charge is -2.18. The van der Waals surface area contributed by atoms with Gasteiger partial charge in [-0.2, -0.15) is 18.3 Å². The first-order valence-electron chi connectivity index (χ1n) is 11.0. The van der Waals surface area contributed by atoms with Crippen LogP contribution in [0.5, 0.6) is 0 Å².